The zero-order valence-corrected chi connectivity index (χ0v) is 14.1. The molecular weight excluding hydrogens is 380 g/mol. The van der Waals surface area contributed by atoms with Gasteiger partial charge in [-0.15, -0.1) is 0 Å². The van der Waals surface area contributed by atoms with Crippen molar-refractivity contribution >= 4 is 43.6 Å². The lowest BCUT2D eigenvalue weighted by Gasteiger charge is -2.19. The average molecular weight is 396 g/mol. The second-order valence-corrected chi connectivity index (χ2v) is 6.04. The topological polar surface area (TPSA) is 71.2 Å². The van der Waals surface area contributed by atoms with Gasteiger partial charge in [0.1, 0.15) is 6.04 Å². The highest BCUT2D eigenvalue weighted by Crippen LogP contribution is 2.23. The fourth-order valence-corrected chi connectivity index (χ4v) is 2.23. The van der Waals surface area contributed by atoms with Crippen molar-refractivity contribution in [2.45, 2.75) is 19.9 Å². The molecule has 0 spiro atoms. The van der Waals surface area contributed by atoms with E-state index in [9.17, 15) is 9.59 Å². The monoisotopic (exact) mass is 394 g/mol. The van der Waals surface area contributed by atoms with Crippen molar-refractivity contribution in [2.75, 3.05) is 13.7 Å². The van der Waals surface area contributed by atoms with Crippen molar-refractivity contribution in [1.29, 1.82) is 0 Å². The van der Waals surface area contributed by atoms with Gasteiger partial charge < -0.3 is 9.72 Å². The van der Waals surface area contributed by atoms with Crippen LogP contribution in [0.25, 0.3) is 0 Å². The first-order valence-corrected chi connectivity index (χ1v) is 7.33. The number of esters is 1. The molecule has 0 aliphatic carbocycles. The molecule has 1 heterocycles. The minimum atomic E-state index is -0.490. The zero-order valence-electron chi connectivity index (χ0n) is 10.9. The Balaban J connectivity index is 2.64. The maximum Gasteiger partial charge on any atom is 0.323 e. The van der Waals surface area contributed by atoms with Gasteiger partial charge in [-0.3, -0.25) is 14.9 Å². The van der Waals surface area contributed by atoms with Gasteiger partial charge in [0.05, 0.1) is 28.4 Å². The molecule has 1 atom stereocenters. The van der Waals surface area contributed by atoms with Crippen LogP contribution in [-0.4, -0.2) is 36.4 Å². The Bertz CT molecular complexity index is 452. The summed E-state index contributed by atoms with van der Waals surface area (Å²) in [6.45, 7) is 3.85. The second-order valence-electron chi connectivity index (χ2n) is 4.39. The summed E-state index contributed by atoms with van der Waals surface area (Å²) in [5.41, 5.74) is 0.471. The molecule has 0 unspecified atom stereocenters. The van der Waals surface area contributed by atoms with Gasteiger partial charge in [0.15, 0.2) is 5.78 Å². The van der Waals surface area contributed by atoms with Crippen LogP contribution in [0, 0.1) is 5.92 Å². The SMILES string of the molecule is COC(=O)[C@@H](NCC(=O)c1cc(Br)c(Br)[nH]1)C(C)C. The second kappa shape index (κ2) is 7.21. The number of nitrogens with one attached hydrogen (secondary N) is 2. The number of hydrogen-bond acceptors (Lipinski definition) is 4. The summed E-state index contributed by atoms with van der Waals surface area (Å²) in [7, 11) is 1.33. The lowest BCUT2D eigenvalue weighted by molar-refractivity contribution is -0.144. The molecule has 0 saturated heterocycles. The van der Waals surface area contributed by atoms with Crippen LogP contribution in [0.1, 0.15) is 24.3 Å². The third-order valence-electron chi connectivity index (χ3n) is 2.63. The molecule has 0 saturated carbocycles. The number of carbonyl (C=O) groups is 2. The molecule has 0 amide bonds. The van der Waals surface area contributed by atoms with Gasteiger partial charge in [-0.05, 0) is 43.8 Å². The predicted octanol–water partition coefficient (Wildman–Crippen LogP) is 2.51. The van der Waals surface area contributed by atoms with Gasteiger partial charge in [0, 0.05) is 0 Å². The number of aromatic nitrogens is 1. The molecular formula is C12H16Br2N2O3. The first-order chi connectivity index (χ1) is 8.86. The number of halogens is 2. The third kappa shape index (κ3) is 4.43. The normalized spacial score (nSPS) is 12.5. The summed E-state index contributed by atoms with van der Waals surface area (Å²) in [4.78, 5) is 26.4. The van der Waals surface area contributed by atoms with E-state index in [1.807, 2.05) is 13.8 Å². The number of Topliss-reactive ketones (excluding diaryl/α,β-unsaturated/α-hetero) is 1. The Hall–Kier alpha value is -0.660. The Morgan fingerprint density at radius 1 is 1.42 bits per heavy atom. The van der Waals surface area contributed by atoms with Gasteiger partial charge in [0.2, 0.25) is 0 Å². The zero-order chi connectivity index (χ0) is 14.6. The highest BCUT2D eigenvalue weighted by molar-refractivity contribution is 9.13. The van der Waals surface area contributed by atoms with E-state index in [1.165, 1.54) is 7.11 Å². The van der Waals surface area contributed by atoms with E-state index in [4.69, 9.17) is 4.74 Å². The molecule has 0 bridgehead atoms. The standard InChI is InChI=1S/C12H16Br2N2O3/c1-6(2)10(12(18)19-3)15-5-9(17)8-4-7(13)11(14)16-8/h4,6,10,15-16H,5H2,1-3H3/t10-/m0/s1. The first kappa shape index (κ1) is 16.4. The van der Waals surface area contributed by atoms with Crippen molar-refractivity contribution in [1.82, 2.24) is 10.3 Å². The number of H-pyrrole nitrogens is 1. The Labute approximate surface area is 128 Å². The van der Waals surface area contributed by atoms with E-state index in [0.717, 1.165) is 4.47 Å². The number of ether oxygens (including phenoxy) is 1. The van der Waals surface area contributed by atoms with Gasteiger partial charge in [0.25, 0.3) is 0 Å². The van der Waals surface area contributed by atoms with Gasteiger partial charge in [-0.1, -0.05) is 13.8 Å². The molecule has 1 aromatic rings. The largest absolute Gasteiger partial charge is 0.468 e. The van der Waals surface area contributed by atoms with Crippen LogP contribution in [0.3, 0.4) is 0 Å². The Kier molecular flexibility index (Phi) is 6.22. The fourth-order valence-electron chi connectivity index (χ4n) is 1.57. The average Bonchev–Trinajstić information content (AvgIpc) is 2.69. The summed E-state index contributed by atoms with van der Waals surface area (Å²) < 4.78 is 6.19. The van der Waals surface area contributed by atoms with Crippen molar-refractivity contribution in [2.24, 2.45) is 5.92 Å². The lowest BCUT2D eigenvalue weighted by atomic mass is 10.0. The van der Waals surface area contributed by atoms with Crippen LogP contribution in [-0.2, 0) is 9.53 Å². The van der Waals surface area contributed by atoms with Crippen LogP contribution in [0.15, 0.2) is 15.1 Å². The number of hydrogen-bond donors (Lipinski definition) is 2. The van der Waals surface area contributed by atoms with Crippen molar-refractivity contribution < 1.29 is 14.3 Å². The number of aromatic amines is 1. The van der Waals surface area contributed by atoms with E-state index < -0.39 is 6.04 Å². The van der Waals surface area contributed by atoms with Crippen LogP contribution in [0.2, 0.25) is 0 Å². The summed E-state index contributed by atoms with van der Waals surface area (Å²) in [6, 6.07) is 1.20. The smallest absolute Gasteiger partial charge is 0.323 e. The molecule has 0 radical (unpaired) electrons. The number of rotatable bonds is 6. The molecule has 1 rings (SSSR count). The summed E-state index contributed by atoms with van der Waals surface area (Å²) >= 11 is 6.57. The number of methoxy groups -OCH3 is 1. The fraction of sp³-hybridized carbons (Fsp3) is 0.500. The van der Waals surface area contributed by atoms with E-state index in [0.29, 0.717) is 10.3 Å². The molecule has 106 valence electrons. The van der Waals surface area contributed by atoms with E-state index in [1.54, 1.807) is 6.07 Å². The van der Waals surface area contributed by atoms with Crippen LogP contribution >= 0.6 is 31.9 Å². The maximum absolute atomic E-state index is 12.0. The number of carbonyl (C=O) groups excluding carboxylic acids is 2. The predicted molar refractivity (Wildman–Crippen MR) is 79.2 cm³/mol. The van der Waals surface area contributed by atoms with Crippen LogP contribution in [0.5, 0.6) is 0 Å². The molecule has 19 heavy (non-hydrogen) atoms. The minimum absolute atomic E-state index is 0.0439. The van der Waals surface area contributed by atoms with Crippen molar-refractivity contribution in [3.63, 3.8) is 0 Å². The maximum atomic E-state index is 12.0. The minimum Gasteiger partial charge on any atom is -0.468 e. The molecule has 0 aliphatic rings. The van der Waals surface area contributed by atoms with E-state index >= 15 is 0 Å². The Morgan fingerprint density at radius 3 is 2.47 bits per heavy atom. The molecule has 7 heteroatoms. The van der Waals surface area contributed by atoms with Crippen LogP contribution < -0.4 is 5.32 Å². The van der Waals surface area contributed by atoms with Crippen molar-refractivity contribution in [3.05, 3.63) is 20.8 Å². The van der Waals surface area contributed by atoms with E-state index in [-0.39, 0.29) is 24.2 Å². The molecule has 2 N–H and O–H groups in total. The number of ketones is 1. The summed E-state index contributed by atoms with van der Waals surface area (Å²) in [5.74, 6) is -0.444. The molecule has 0 fully saturated rings. The Morgan fingerprint density at radius 2 is 2.05 bits per heavy atom. The quantitative estimate of drug-likeness (QED) is 0.573. The van der Waals surface area contributed by atoms with Crippen molar-refractivity contribution in [3.8, 4) is 0 Å². The molecule has 0 aromatic carbocycles. The first-order valence-electron chi connectivity index (χ1n) is 5.75. The van der Waals surface area contributed by atoms with Gasteiger partial charge in [-0.25, -0.2) is 0 Å². The third-order valence-corrected chi connectivity index (χ3v) is 4.41. The summed E-state index contributed by atoms with van der Waals surface area (Å²) in [6.07, 6.45) is 0. The van der Waals surface area contributed by atoms with Gasteiger partial charge in [-0.2, -0.15) is 0 Å². The lowest BCUT2D eigenvalue weighted by Crippen LogP contribution is -2.44. The molecule has 1 aromatic heterocycles. The summed E-state index contributed by atoms with van der Waals surface area (Å²) in [5, 5.41) is 2.92. The highest BCUT2D eigenvalue weighted by atomic mass is 79.9. The van der Waals surface area contributed by atoms with Crippen LogP contribution in [0.4, 0.5) is 0 Å². The van der Waals surface area contributed by atoms with Gasteiger partial charge >= 0.3 is 5.97 Å². The van der Waals surface area contributed by atoms with E-state index in [2.05, 4.69) is 42.2 Å². The highest BCUT2D eigenvalue weighted by Gasteiger charge is 2.23. The molecule has 5 nitrogen and oxygen atoms in total. The molecule has 0 aliphatic heterocycles.